The predicted octanol–water partition coefficient (Wildman–Crippen LogP) is 3.28. The van der Waals surface area contributed by atoms with E-state index in [0.717, 1.165) is 5.76 Å². The van der Waals surface area contributed by atoms with Crippen molar-refractivity contribution < 1.29 is 18.1 Å². The zero-order chi connectivity index (χ0) is 16.9. The lowest BCUT2D eigenvalue weighted by atomic mass is 10.2. The van der Waals surface area contributed by atoms with Crippen LogP contribution in [-0.4, -0.2) is 16.0 Å². The summed E-state index contributed by atoms with van der Waals surface area (Å²) in [5.74, 6) is 0.927. The second-order valence-corrected chi connectivity index (χ2v) is 5.33. The van der Waals surface area contributed by atoms with Crippen LogP contribution in [0.5, 0.6) is 0 Å². The number of amides is 1. The summed E-state index contributed by atoms with van der Waals surface area (Å²) in [7, 11) is 0. The monoisotopic (exact) mass is 329 g/mol. The maximum Gasteiger partial charge on any atom is 0.249 e. The van der Waals surface area contributed by atoms with Gasteiger partial charge in [0.1, 0.15) is 17.6 Å². The van der Waals surface area contributed by atoms with Gasteiger partial charge in [0.25, 0.3) is 0 Å². The summed E-state index contributed by atoms with van der Waals surface area (Å²) in [6.07, 6.45) is 2.40. The van der Waals surface area contributed by atoms with Gasteiger partial charge in [-0.15, -0.1) is 0 Å². The number of benzene rings is 1. The number of nitrogens with one attached hydrogen (secondary N) is 1. The van der Waals surface area contributed by atoms with E-state index >= 15 is 0 Å². The second kappa shape index (κ2) is 7.08. The summed E-state index contributed by atoms with van der Waals surface area (Å²) in [5, 5.41) is 6.65. The van der Waals surface area contributed by atoms with E-state index in [-0.39, 0.29) is 11.7 Å². The molecule has 2 aromatic heterocycles. The first-order chi connectivity index (χ1) is 11.6. The first-order valence-corrected chi connectivity index (χ1v) is 7.53. The predicted molar refractivity (Wildman–Crippen MR) is 83.3 cm³/mol. The zero-order valence-electron chi connectivity index (χ0n) is 13.0. The molecule has 0 fully saturated rings. The van der Waals surface area contributed by atoms with E-state index in [4.69, 9.17) is 8.94 Å². The van der Waals surface area contributed by atoms with Crippen molar-refractivity contribution >= 4 is 5.91 Å². The quantitative estimate of drug-likeness (QED) is 0.750. The summed E-state index contributed by atoms with van der Waals surface area (Å²) in [6, 6.07) is 8.97. The van der Waals surface area contributed by atoms with E-state index in [2.05, 4.69) is 15.5 Å². The molecule has 0 saturated heterocycles. The van der Waals surface area contributed by atoms with Crippen molar-refractivity contribution in [1.82, 2.24) is 15.5 Å². The van der Waals surface area contributed by atoms with Crippen LogP contribution in [0.15, 0.2) is 51.6 Å². The number of hydrogen-bond acceptors (Lipinski definition) is 5. The van der Waals surface area contributed by atoms with Gasteiger partial charge < -0.3 is 14.3 Å². The average Bonchev–Trinajstić information content (AvgIpc) is 3.25. The smallest absolute Gasteiger partial charge is 0.249 e. The molecule has 6 nitrogen and oxygen atoms in total. The van der Waals surface area contributed by atoms with Gasteiger partial charge in [-0.3, -0.25) is 4.79 Å². The number of hydrogen-bond donors (Lipinski definition) is 1. The lowest BCUT2D eigenvalue weighted by Gasteiger charge is -2.08. The number of aryl methyl sites for hydroxylation is 1. The Morgan fingerprint density at radius 2 is 2.08 bits per heavy atom. The molecule has 0 aliphatic carbocycles. The van der Waals surface area contributed by atoms with Gasteiger partial charge in [0, 0.05) is 18.4 Å². The molecule has 24 heavy (non-hydrogen) atoms. The van der Waals surface area contributed by atoms with Crippen LogP contribution in [-0.2, 0) is 11.2 Å². The summed E-state index contributed by atoms with van der Waals surface area (Å²) >= 11 is 0. The van der Waals surface area contributed by atoms with Crippen molar-refractivity contribution in [2.24, 2.45) is 0 Å². The summed E-state index contributed by atoms with van der Waals surface area (Å²) < 4.78 is 23.3. The number of carbonyl (C=O) groups is 1. The highest BCUT2D eigenvalue weighted by Gasteiger charge is 2.17. The molecule has 124 valence electrons. The largest absolute Gasteiger partial charge is 0.469 e. The van der Waals surface area contributed by atoms with Crippen molar-refractivity contribution in [3.8, 4) is 11.4 Å². The Hall–Kier alpha value is -2.96. The van der Waals surface area contributed by atoms with Gasteiger partial charge in [0.15, 0.2) is 0 Å². The molecule has 0 aliphatic rings. The number of carbonyl (C=O) groups excluding carboxylic acids is 1. The fraction of sp³-hybridized carbons (Fsp3) is 0.235. The van der Waals surface area contributed by atoms with Crippen molar-refractivity contribution in [3.63, 3.8) is 0 Å². The van der Waals surface area contributed by atoms with Crippen LogP contribution in [0.1, 0.15) is 31.0 Å². The molecule has 0 spiro atoms. The molecule has 3 rings (SSSR count). The summed E-state index contributed by atoms with van der Waals surface area (Å²) in [5.41, 5.74) is 0.641. The molecular weight excluding hydrogens is 313 g/mol. The van der Waals surface area contributed by atoms with Crippen LogP contribution in [0.2, 0.25) is 0 Å². The maximum atomic E-state index is 12.9. The molecule has 1 aromatic carbocycles. The lowest BCUT2D eigenvalue weighted by Crippen LogP contribution is -2.27. The van der Waals surface area contributed by atoms with Gasteiger partial charge >= 0.3 is 0 Å². The van der Waals surface area contributed by atoms with Crippen molar-refractivity contribution in [2.75, 3.05) is 0 Å². The van der Waals surface area contributed by atoms with Crippen LogP contribution in [0.25, 0.3) is 11.4 Å². The Morgan fingerprint density at radius 3 is 2.79 bits per heavy atom. The lowest BCUT2D eigenvalue weighted by molar-refractivity contribution is -0.121. The molecule has 0 bridgehead atoms. The van der Waals surface area contributed by atoms with Gasteiger partial charge in [-0.2, -0.15) is 4.98 Å². The minimum absolute atomic E-state index is 0.138. The first-order valence-electron chi connectivity index (χ1n) is 7.53. The van der Waals surface area contributed by atoms with Crippen molar-refractivity contribution in [2.45, 2.75) is 25.8 Å². The highest BCUT2D eigenvalue weighted by molar-refractivity contribution is 5.76. The number of rotatable bonds is 6. The van der Waals surface area contributed by atoms with E-state index in [0.29, 0.717) is 30.1 Å². The van der Waals surface area contributed by atoms with Gasteiger partial charge in [0.05, 0.1) is 6.26 Å². The van der Waals surface area contributed by atoms with Gasteiger partial charge in [0.2, 0.25) is 17.6 Å². The SMILES string of the molecule is C[C@H](NC(=O)CCc1ccco1)c1nc(-c2ccc(F)cc2)no1. The van der Waals surface area contributed by atoms with Crippen LogP contribution < -0.4 is 5.32 Å². The van der Waals surface area contributed by atoms with E-state index in [1.807, 2.05) is 6.07 Å². The molecule has 1 atom stereocenters. The number of furan rings is 1. The highest BCUT2D eigenvalue weighted by atomic mass is 19.1. The topological polar surface area (TPSA) is 81.2 Å². The minimum atomic E-state index is -0.421. The molecule has 0 aliphatic heterocycles. The average molecular weight is 329 g/mol. The Balaban J connectivity index is 1.58. The normalized spacial score (nSPS) is 12.1. The minimum Gasteiger partial charge on any atom is -0.469 e. The van der Waals surface area contributed by atoms with E-state index in [9.17, 15) is 9.18 Å². The molecule has 0 unspecified atom stereocenters. The van der Waals surface area contributed by atoms with E-state index in [1.165, 1.54) is 12.1 Å². The Labute approximate surface area is 137 Å². The Bertz CT molecular complexity index is 797. The summed E-state index contributed by atoms with van der Waals surface area (Å²) in [4.78, 5) is 16.2. The third-order valence-corrected chi connectivity index (χ3v) is 3.47. The summed E-state index contributed by atoms with van der Waals surface area (Å²) in [6.45, 7) is 1.76. The molecule has 1 amide bonds. The van der Waals surface area contributed by atoms with Gasteiger partial charge in [-0.25, -0.2) is 4.39 Å². The molecule has 0 radical (unpaired) electrons. The highest BCUT2D eigenvalue weighted by Crippen LogP contribution is 2.19. The van der Waals surface area contributed by atoms with E-state index in [1.54, 1.807) is 31.4 Å². The van der Waals surface area contributed by atoms with Gasteiger partial charge in [-0.1, -0.05) is 5.16 Å². The van der Waals surface area contributed by atoms with Crippen LogP contribution in [0.4, 0.5) is 4.39 Å². The van der Waals surface area contributed by atoms with Crippen LogP contribution in [0.3, 0.4) is 0 Å². The second-order valence-electron chi connectivity index (χ2n) is 5.33. The third kappa shape index (κ3) is 3.87. The van der Waals surface area contributed by atoms with E-state index < -0.39 is 6.04 Å². The van der Waals surface area contributed by atoms with Crippen molar-refractivity contribution in [3.05, 3.63) is 60.1 Å². The number of halogens is 1. The Kier molecular flexibility index (Phi) is 4.69. The molecule has 3 aromatic rings. The fourth-order valence-corrected chi connectivity index (χ4v) is 2.19. The number of nitrogens with zero attached hydrogens (tertiary/aromatic N) is 2. The fourth-order valence-electron chi connectivity index (χ4n) is 2.19. The van der Waals surface area contributed by atoms with Crippen molar-refractivity contribution in [1.29, 1.82) is 0 Å². The molecule has 1 N–H and O–H groups in total. The number of aromatic nitrogens is 2. The van der Waals surface area contributed by atoms with Crippen LogP contribution in [0, 0.1) is 5.82 Å². The molecule has 0 saturated carbocycles. The molecular formula is C17H16FN3O3. The first kappa shape index (κ1) is 15.9. The molecule has 2 heterocycles. The molecule has 7 heteroatoms. The van der Waals surface area contributed by atoms with Crippen LogP contribution >= 0.6 is 0 Å². The zero-order valence-corrected chi connectivity index (χ0v) is 13.0. The Morgan fingerprint density at radius 1 is 1.29 bits per heavy atom. The van der Waals surface area contributed by atoms with Gasteiger partial charge in [-0.05, 0) is 43.3 Å². The third-order valence-electron chi connectivity index (χ3n) is 3.47. The standard InChI is InChI=1S/C17H16FN3O3/c1-11(19-15(22)9-8-14-3-2-10-23-14)17-20-16(21-24-17)12-4-6-13(18)7-5-12/h2-7,10-11H,8-9H2,1H3,(H,19,22)/t11-/m0/s1. The maximum absolute atomic E-state index is 12.9.